The van der Waals surface area contributed by atoms with E-state index in [0.29, 0.717) is 0 Å². The van der Waals surface area contributed by atoms with Crippen molar-refractivity contribution in [2.24, 2.45) is 0 Å². The summed E-state index contributed by atoms with van der Waals surface area (Å²) in [5.74, 6) is 0.101. The molecular formula is C14H29N3O2. The summed E-state index contributed by atoms with van der Waals surface area (Å²) in [7, 11) is 2.13. The topological polar surface area (TPSA) is 61.4 Å². The van der Waals surface area contributed by atoms with Gasteiger partial charge >= 0.3 is 0 Å². The number of hydrogen-bond acceptors (Lipinski definition) is 3. The number of carbonyl (C=O) groups excluding carboxylic acids is 2. The molecule has 0 fully saturated rings. The maximum Gasteiger partial charge on any atom is 0.216 e. The lowest BCUT2D eigenvalue weighted by atomic mass is 10.2. The van der Waals surface area contributed by atoms with Crippen molar-refractivity contribution < 1.29 is 9.59 Å². The van der Waals surface area contributed by atoms with Crippen LogP contribution in [0.5, 0.6) is 0 Å². The van der Waals surface area contributed by atoms with Crippen LogP contribution >= 0.6 is 0 Å². The van der Waals surface area contributed by atoms with Crippen molar-refractivity contribution in [2.45, 2.75) is 46.0 Å². The molecular weight excluding hydrogens is 242 g/mol. The minimum Gasteiger partial charge on any atom is -0.356 e. The molecule has 0 spiro atoms. The van der Waals surface area contributed by atoms with Gasteiger partial charge in [0.2, 0.25) is 11.8 Å². The van der Waals surface area contributed by atoms with E-state index >= 15 is 0 Å². The van der Waals surface area contributed by atoms with E-state index in [1.807, 2.05) is 0 Å². The Labute approximate surface area is 117 Å². The largest absolute Gasteiger partial charge is 0.356 e. The van der Waals surface area contributed by atoms with E-state index in [4.69, 9.17) is 0 Å². The fourth-order valence-electron chi connectivity index (χ4n) is 1.83. The molecule has 0 heterocycles. The highest BCUT2D eigenvalue weighted by atomic mass is 16.1. The lowest BCUT2D eigenvalue weighted by Crippen LogP contribution is -2.24. The zero-order chi connectivity index (χ0) is 14.5. The Kier molecular flexibility index (Phi) is 11.3. The van der Waals surface area contributed by atoms with Gasteiger partial charge in [0.25, 0.3) is 0 Å². The van der Waals surface area contributed by atoms with Crippen LogP contribution in [0.1, 0.15) is 46.0 Å². The van der Waals surface area contributed by atoms with Crippen LogP contribution in [0.25, 0.3) is 0 Å². The number of amides is 2. The Balaban J connectivity index is 3.23. The number of nitrogens with zero attached hydrogens (tertiary/aromatic N) is 1. The Morgan fingerprint density at radius 1 is 0.789 bits per heavy atom. The van der Waals surface area contributed by atoms with Gasteiger partial charge in [-0.25, -0.2) is 0 Å². The predicted molar refractivity (Wildman–Crippen MR) is 77.9 cm³/mol. The van der Waals surface area contributed by atoms with E-state index < -0.39 is 0 Å². The molecule has 0 rings (SSSR count). The average molecular weight is 271 g/mol. The van der Waals surface area contributed by atoms with Gasteiger partial charge in [-0.15, -0.1) is 0 Å². The molecule has 0 saturated carbocycles. The number of nitrogens with one attached hydrogen (secondary N) is 2. The third-order valence-corrected chi connectivity index (χ3v) is 2.93. The van der Waals surface area contributed by atoms with Crippen molar-refractivity contribution in [3.8, 4) is 0 Å². The van der Waals surface area contributed by atoms with Crippen molar-refractivity contribution >= 4 is 11.8 Å². The van der Waals surface area contributed by atoms with Crippen LogP contribution in [0.3, 0.4) is 0 Å². The third-order valence-electron chi connectivity index (χ3n) is 2.93. The SMILES string of the molecule is CC(=O)NCCCCCN(C)CCCCNC(C)=O. The van der Waals surface area contributed by atoms with Crippen LogP contribution in [0.15, 0.2) is 0 Å². The maximum absolute atomic E-state index is 10.7. The van der Waals surface area contributed by atoms with Gasteiger partial charge < -0.3 is 15.5 Å². The van der Waals surface area contributed by atoms with Crippen LogP contribution in [0.2, 0.25) is 0 Å². The molecule has 112 valence electrons. The van der Waals surface area contributed by atoms with E-state index in [2.05, 4.69) is 22.6 Å². The molecule has 0 aliphatic rings. The van der Waals surface area contributed by atoms with E-state index in [9.17, 15) is 9.59 Å². The molecule has 5 nitrogen and oxygen atoms in total. The van der Waals surface area contributed by atoms with Crippen molar-refractivity contribution in [1.82, 2.24) is 15.5 Å². The monoisotopic (exact) mass is 271 g/mol. The van der Waals surface area contributed by atoms with Gasteiger partial charge in [0.15, 0.2) is 0 Å². The fourth-order valence-corrected chi connectivity index (χ4v) is 1.83. The number of unbranched alkanes of at least 4 members (excludes halogenated alkanes) is 3. The first-order valence-electron chi connectivity index (χ1n) is 7.20. The highest BCUT2D eigenvalue weighted by molar-refractivity contribution is 5.72. The van der Waals surface area contributed by atoms with Crippen molar-refractivity contribution in [2.75, 3.05) is 33.2 Å². The molecule has 0 aromatic heterocycles. The minimum atomic E-state index is 0.0486. The van der Waals surface area contributed by atoms with Crippen LogP contribution in [-0.2, 0) is 9.59 Å². The molecule has 0 saturated heterocycles. The van der Waals surface area contributed by atoms with Gasteiger partial charge in [0.1, 0.15) is 0 Å². The summed E-state index contributed by atoms with van der Waals surface area (Å²) in [4.78, 5) is 23.6. The first kappa shape index (κ1) is 17.9. The zero-order valence-corrected chi connectivity index (χ0v) is 12.6. The molecule has 0 aliphatic carbocycles. The van der Waals surface area contributed by atoms with Crippen molar-refractivity contribution in [3.05, 3.63) is 0 Å². The summed E-state index contributed by atoms with van der Waals surface area (Å²) in [6.07, 6.45) is 5.52. The van der Waals surface area contributed by atoms with Crippen LogP contribution < -0.4 is 10.6 Å². The van der Waals surface area contributed by atoms with E-state index in [1.54, 1.807) is 13.8 Å². The molecule has 0 unspecified atom stereocenters. The molecule has 0 aliphatic heterocycles. The number of hydrogen-bond donors (Lipinski definition) is 2. The Morgan fingerprint density at radius 3 is 1.68 bits per heavy atom. The Hall–Kier alpha value is -1.10. The smallest absolute Gasteiger partial charge is 0.216 e. The predicted octanol–water partition coefficient (Wildman–Crippen LogP) is 1.14. The van der Waals surface area contributed by atoms with Gasteiger partial charge in [-0.05, 0) is 45.8 Å². The molecule has 5 heteroatoms. The third kappa shape index (κ3) is 14.8. The summed E-state index contributed by atoms with van der Waals surface area (Å²) in [6.45, 7) is 6.84. The van der Waals surface area contributed by atoms with Crippen LogP contribution in [-0.4, -0.2) is 49.9 Å². The van der Waals surface area contributed by atoms with E-state index in [0.717, 1.165) is 51.9 Å². The van der Waals surface area contributed by atoms with Crippen LogP contribution in [0.4, 0.5) is 0 Å². The highest BCUT2D eigenvalue weighted by Crippen LogP contribution is 1.98. The molecule has 0 aromatic carbocycles. The number of carbonyl (C=O) groups is 2. The second-order valence-electron chi connectivity index (χ2n) is 5.04. The first-order valence-corrected chi connectivity index (χ1v) is 7.20. The van der Waals surface area contributed by atoms with Crippen molar-refractivity contribution in [3.63, 3.8) is 0 Å². The van der Waals surface area contributed by atoms with Gasteiger partial charge in [-0.2, -0.15) is 0 Å². The summed E-state index contributed by atoms with van der Waals surface area (Å²) in [5.41, 5.74) is 0. The van der Waals surface area contributed by atoms with Crippen molar-refractivity contribution in [1.29, 1.82) is 0 Å². The summed E-state index contributed by atoms with van der Waals surface area (Å²) in [6, 6.07) is 0. The minimum absolute atomic E-state index is 0.0486. The Morgan fingerprint density at radius 2 is 1.21 bits per heavy atom. The van der Waals surface area contributed by atoms with Gasteiger partial charge in [-0.1, -0.05) is 6.42 Å². The lowest BCUT2D eigenvalue weighted by molar-refractivity contribution is -0.119. The maximum atomic E-state index is 10.7. The molecule has 0 atom stereocenters. The standard InChI is InChI=1S/C14H29N3O2/c1-13(18)15-9-5-4-7-11-17(3)12-8-6-10-16-14(2)19/h4-12H2,1-3H3,(H,15,18)(H,16,19). The molecule has 0 bridgehead atoms. The first-order chi connectivity index (χ1) is 9.02. The van der Waals surface area contributed by atoms with E-state index in [1.165, 1.54) is 6.42 Å². The average Bonchev–Trinajstić information content (AvgIpc) is 2.32. The quantitative estimate of drug-likeness (QED) is 0.554. The normalized spacial score (nSPS) is 10.5. The van der Waals surface area contributed by atoms with Gasteiger partial charge in [-0.3, -0.25) is 9.59 Å². The zero-order valence-electron chi connectivity index (χ0n) is 12.6. The second-order valence-corrected chi connectivity index (χ2v) is 5.04. The molecule has 19 heavy (non-hydrogen) atoms. The molecule has 0 aromatic rings. The lowest BCUT2D eigenvalue weighted by Gasteiger charge is -2.16. The summed E-state index contributed by atoms with van der Waals surface area (Å²) in [5, 5.41) is 5.61. The van der Waals surface area contributed by atoms with E-state index in [-0.39, 0.29) is 11.8 Å². The Bertz CT molecular complexity index is 257. The number of rotatable bonds is 11. The fraction of sp³-hybridized carbons (Fsp3) is 0.857. The van der Waals surface area contributed by atoms with Gasteiger partial charge in [0.05, 0.1) is 0 Å². The van der Waals surface area contributed by atoms with Gasteiger partial charge in [0, 0.05) is 26.9 Å². The summed E-state index contributed by atoms with van der Waals surface area (Å²) >= 11 is 0. The highest BCUT2D eigenvalue weighted by Gasteiger charge is 1.99. The molecule has 0 radical (unpaired) electrons. The molecule has 2 amide bonds. The molecule has 2 N–H and O–H groups in total. The summed E-state index contributed by atoms with van der Waals surface area (Å²) < 4.78 is 0. The second kappa shape index (κ2) is 12.0. The van der Waals surface area contributed by atoms with Crippen LogP contribution in [0, 0.1) is 0 Å².